The number of para-hydroxylation sites is 1. The number of ketones is 1. The fourth-order valence-electron chi connectivity index (χ4n) is 3.34. The average molecular weight is 468 g/mol. The maximum Gasteiger partial charge on any atom is 0.338 e. The second-order valence-corrected chi connectivity index (χ2v) is 9.80. The SMILES string of the molecule is CC(C)N(C)S(=O)(=O)c1cccc(C(=O)OCC(=O)c2cn(CCC#N)c3ccccc23)c1. The van der Waals surface area contributed by atoms with Gasteiger partial charge in [0.05, 0.1) is 22.9 Å². The van der Waals surface area contributed by atoms with Crippen LogP contribution in [0.5, 0.6) is 0 Å². The van der Waals surface area contributed by atoms with Gasteiger partial charge in [0.1, 0.15) is 0 Å². The quantitative estimate of drug-likeness (QED) is 0.351. The van der Waals surface area contributed by atoms with Gasteiger partial charge in [0.25, 0.3) is 0 Å². The van der Waals surface area contributed by atoms with Crippen LogP contribution < -0.4 is 0 Å². The lowest BCUT2D eigenvalue weighted by Crippen LogP contribution is -2.33. The number of ether oxygens (including phenoxy) is 1. The number of fused-ring (bicyclic) bond motifs is 1. The molecule has 0 unspecified atom stereocenters. The molecule has 1 aromatic heterocycles. The van der Waals surface area contributed by atoms with Crippen LogP contribution in [0.3, 0.4) is 0 Å². The maximum atomic E-state index is 12.8. The van der Waals surface area contributed by atoms with E-state index in [0.717, 1.165) is 5.52 Å². The average Bonchev–Trinajstić information content (AvgIpc) is 3.19. The fourth-order valence-corrected chi connectivity index (χ4v) is 4.76. The van der Waals surface area contributed by atoms with E-state index in [1.165, 1.54) is 35.6 Å². The van der Waals surface area contributed by atoms with Crippen molar-refractivity contribution in [3.05, 3.63) is 65.9 Å². The smallest absolute Gasteiger partial charge is 0.338 e. The molecule has 0 spiro atoms. The first-order chi connectivity index (χ1) is 15.7. The van der Waals surface area contributed by atoms with Crippen molar-refractivity contribution in [3.8, 4) is 6.07 Å². The number of sulfonamides is 1. The topological polar surface area (TPSA) is 109 Å². The van der Waals surface area contributed by atoms with Gasteiger partial charge in [-0.25, -0.2) is 13.2 Å². The number of aromatic nitrogens is 1. The summed E-state index contributed by atoms with van der Waals surface area (Å²) in [7, 11) is -2.30. The minimum atomic E-state index is -3.76. The third kappa shape index (κ3) is 5.13. The summed E-state index contributed by atoms with van der Waals surface area (Å²) in [5, 5.41) is 9.58. The number of hydrogen-bond acceptors (Lipinski definition) is 6. The summed E-state index contributed by atoms with van der Waals surface area (Å²) in [6.45, 7) is 3.45. The standard InChI is InChI=1S/C24H25N3O5S/c1-17(2)26(3)33(30,31)19-9-6-8-18(14-19)24(29)32-16-23(28)21-15-27(13-7-12-25)22-11-5-4-10-20(21)22/h4-6,8-11,14-15,17H,7,13,16H2,1-3H3. The summed E-state index contributed by atoms with van der Waals surface area (Å²) >= 11 is 0. The zero-order chi connectivity index (χ0) is 24.2. The largest absolute Gasteiger partial charge is 0.454 e. The zero-order valence-corrected chi connectivity index (χ0v) is 19.5. The van der Waals surface area contributed by atoms with Gasteiger partial charge in [0, 0.05) is 42.3 Å². The van der Waals surface area contributed by atoms with E-state index in [1.807, 2.05) is 16.7 Å². The second-order valence-electron chi connectivity index (χ2n) is 7.80. The van der Waals surface area contributed by atoms with Gasteiger partial charge in [-0.05, 0) is 38.1 Å². The number of aryl methyl sites for hydroxylation is 1. The molecule has 0 bridgehead atoms. The summed E-state index contributed by atoms with van der Waals surface area (Å²) in [4.78, 5) is 25.3. The normalized spacial score (nSPS) is 11.6. The Morgan fingerprint density at radius 3 is 2.58 bits per heavy atom. The molecule has 8 nitrogen and oxygen atoms in total. The Bertz CT molecular complexity index is 1340. The van der Waals surface area contributed by atoms with E-state index in [0.29, 0.717) is 23.9 Å². The van der Waals surface area contributed by atoms with Gasteiger partial charge in [0.2, 0.25) is 15.8 Å². The van der Waals surface area contributed by atoms with Gasteiger partial charge in [-0.1, -0.05) is 24.3 Å². The number of esters is 1. The summed E-state index contributed by atoms with van der Waals surface area (Å²) in [5.41, 5.74) is 1.25. The first-order valence-electron chi connectivity index (χ1n) is 10.4. The Morgan fingerprint density at radius 2 is 1.88 bits per heavy atom. The molecule has 1 heterocycles. The van der Waals surface area contributed by atoms with E-state index in [1.54, 1.807) is 32.2 Å². The van der Waals surface area contributed by atoms with E-state index >= 15 is 0 Å². The molecule has 0 saturated heterocycles. The molecule has 33 heavy (non-hydrogen) atoms. The van der Waals surface area contributed by atoms with Gasteiger partial charge in [-0.3, -0.25) is 4.79 Å². The van der Waals surface area contributed by atoms with Crippen molar-refractivity contribution in [2.45, 2.75) is 37.8 Å². The molecular formula is C24H25N3O5S. The Balaban J connectivity index is 1.77. The van der Waals surface area contributed by atoms with Crippen molar-refractivity contribution in [2.24, 2.45) is 0 Å². The lowest BCUT2D eigenvalue weighted by Gasteiger charge is -2.21. The Morgan fingerprint density at radius 1 is 1.15 bits per heavy atom. The highest BCUT2D eigenvalue weighted by atomic mass is 32.2. The fraction of sp³-hybridized carbons (Fsp3) is 0.292. The molecule has 0 aliphatic rings. The van der Waals surface area contributed by atoms with Gasteiger partial charge in [-0.15, -0.1) is 0 Å². The first kappa shape index (κ1) is 24.2. The lowest BCUT2D eigenvalue weighted by atomic mass is 10.1. The minimum absolute atomic E-state index is 0.0277. The van der Waals surface area contributed by atoms with Gasteiger partial charge in [-0.2, -0.15) is 9.57 Å². The van der Waals surface area contributed by atoms with Crippen molar-refractivity contribution in [2.75, 3.05) is 13.7 Å². The lowest BCUT2D eigenvalue weighted by molar-refractivity contribution is 0.0475. The summed E-state index contributed by atoms with van der Waals surface area (Å²) in [6.07, 6.45) is 1.96. The van der Waals surface area contributed by atoms with Crippen LogP contribution in [-0.4, -0.2) is 48.7 Å². The van der Waals surface area contributed by atoms with Crippen molar-refractivity contribution in [1.29, 1.82) is 5.26 Å². The number of carbonyl (C=O) groups excluding carboxylic acids is 2. The van der Waals surface area contributed by atoms with E-state index in [2.05, 4.69) is 6.07 Å². The molecular weight excluding hydrogens is 442 g/mol. The van der Waals surface area contributed by atoms with E-state index in [4.69, 9.17) is 10.00 Å². The third-order valence-electron chi connectivity index (χ3n) is 5.36. The number of carbonyl (C=O) groups is 2. The van der Waals surface area contributed by atoms with E-state index < -0.39 is 28.4 Å². The highest BCUT2D eigenvalue weighted by Gasteiger charge is 2.24. The Labute approximate surface area is 193 Å². The number of rotatable bonds is 9. The molecule has 172 valence electrons. The number of nitrogens with zero attached hydrogens (tertiary/aromatic N) is 3. The summed E-state index contributed by atoms with van der Waals surface area (Å²) in [5.74, 6) is -1.18. The van der Waals surface area contributed by atoms with E-state index in [9.17, 15) is 18.0 Å². The van der Waals surface area contributed by atoms with Crippen LogP contribution in [-0.2, 0) is 21.3 Å². The molecule has 0 saturated carbocycles. The Kier molecular flexibility index (Phi) is 7.31. The van der Waals surface area contributed by atoms with Crippen LogP contribution in [0.25, 0.3) is 10.9 Å². The predicted molar refractivity (Wildman–Crippen MR) is 123 cm³/mol. The third-order valence-corrected chi connectivity index (χ3v) is 7.39. The molecule has 0 N–H and O–H groups in total. The highest BCUT2D eigenvalue weighted by Crippen LogP contribution is 2.23. The molecule has 0 amide bonds. The first-order valence-corrected chi connectivity index (χ1v) is 11.8. The second kappa shape index (κ2) is 9.98. The molecule has 3 aromatic rings. The van der Waals surface area contributed by atoms with Crippen LogP contribution in [0.1, 0.15) is 41.0 Å². The zero-order valence-electron chi connectivity index (χ0n) is 18.7. The minimum Gasteiger partial charge on any atom is -0.454 e. The van der Waals surface area contributed by atoms with Gasteiger partial charge in [0.15, 0.2) is 6.61 Å². The maximum absolute atomic E-state index is 12.8. The van der Waals surface area contributed by atoms with Crippen molar-refractivity contribution >= 4 is 32.7 Å². The summed E-state index contributed by atoms with van der Waals surface area (Å²) < 4.78 is 33.6. The van der Waals surface area contributed by atoms with Crippen molar-refractivity contribution in [1.82, 2.24) is 8.87 Å². The molecule has 0 atom stereocenters. The summed E-state index contributed by atoms with van der Waals surface area (Å²) in [6, 6.07) is 14.7. The van der Waals surface area contributed by atoms with E-state index in [-0.39, 0.29) is 16.5 Å². The molecule has 0 fully saturated rings. The van der Waals surface area contributed by atoms with Gasteiger partial charge < -0.3 is 9.30 Å². The monoisotopic (exact) mass is 467 g/mol. The molecule has 0 aliphatic carbocycles. The van der Waals surface area contributed by atoms with Crippen LogP contribution in [0.4, 0.5) is 0 Å². The van der Waals surface area contributed by atoms with Crippen LogP contribution >= 0.6 is 0 Å². The number of hydrogen-bond donors (Lipinski definition) is 0. The molecule has 0 aliphatic heterocycles. The number of Topliss-reactive ketones (excluding diaryl/α,β-unsaturated/α-hetero) is 1. The Hall–Kier alpha value is -3.48. The molecule has 9 heteroatoms. The molecule has 2 aromatic carbocycles. The number of nitriles is 1. The predicted octanol–water partition coefficient (Wildman–Crippen LogP) is 3.62. The van der Waals surface area contributed by atoms with Crippen molar-refractivity contribution in [3.63, 3.8) is 0 Å². The number of benzene rings is 2. The molecule has 3 rings (SSSR count). The molecule has 0 radical (unpaired) electrons. The van der Waals surface area contributed by atoms with Crippen molar-refractivity contribution < 1.29 is 22.7 Å². The highest BCUT2D eigenvalue weighted by molar-refractivity contribution is 7.89. The van der Waals surface area contributed by atoms with Gasteiger partial charge >= 0.3 is 5.97 Å². The van der Waals surface area contributed by atoms with Crippen LogP contribution in [0.2, 0.25) is 0 Å². The van der Waals surface area contributed by atoms with Crippen LogP contribution in [0.15, 0.2) is 59.6 Å². The van der Waals surface area contributed by atoms with Crippen LogP contribution in [0, 0.1) is 11.3 Å².